The molecule has 1 aromatic carbocycles. The van der Waals surface area contributed by atoms with Gasteiger partial charge in [0, 0.05) is 17.8 Å². The highest BCUT2D eigenvalue weighted by Gasteiger charge is 2.18. The fraction of sp³-hybridized carbons (Fsp3) is 0.188. The van der Waals surface area contributed by atoms with E-state index in [0.29, 0.717) is 16.8 Å². The number of hydrogen-bond acceptors (Lipinski definition) is 4. The number of ketones is 1. The van der Waals surface area contributed by atoms with Gasteiger partial charge < -0.3 is 5.32 Å². The minimum absolute atomic E-state index is 0.0469. The third kappa shape index (κ3) is 2.50. The maximum absolute atomic E-state index is 12.7. The molecule has 3 aromatic rings. The van der Waals surface area contributed by atoms with Crippen molar-refractivity contribution in [3.8, 4) is 0 Å². The molecule has 0 amide bonds. The average Bonchev–Trinajstić information content (AvgIpc) is 2.96. The normalized spacial score (nSPS) is 11.0. The van der Waals surface area contributed by atoms with Crippen LogP contribution in [0, 0.1) is 0 Å². The quantitative estimate of drug-likeness (QED) is 0.721. The summed E-state index contributed by atoms with van der Waals surface area (Å²) < 4.78 is 0. The number of anilines is 1. The zero-order valence-corrected chi connectivity index (χ0v) is 11.9. The van der Waals surface area contributed by atoms with E-state index >= 15 is 0 Å². The van der Waals surface area contributed by atoms with Crippen molar-refractivity contribution in [3.05, 3.63) is 53.9 Å². The summed E-state index contributed by atoms with van der Waals surface area (Å²) in [6.45, 7) is 4.06. The Morgan fingerprint density at radius 2 is 1.95 bits per heavy atom. The maximum Gasteiger partial charge on any atom is 0.196 e. The number of hydrogen-bond donors (Lipinski definition) is 2. The van der Waals surface area contributed by atoms with Gasteiger partial charge in [-0.05, 0) is 13.8 Å². The predicted molar refractivity (Wildman–Crippen MR) is 82.5 cm³/mol. The van der Waals surface area contributed by atoms with Gasteiger partial charge in [0.2, 0.25) is 0 Å². The molecular formula is C16H16N4O. The summed E-state index contributed by atoms with van der Waals surface area (Å²) in [5, 5.41) is 11.0. The second-order valence-electron chi connectivity index (χ2n) is 5.17. The van der Waals surface area contributed by atoms with Crippen LogP contribution in [-0.4, -0.2) is 27.0 Å². The Morgan fingerprint density at radius 1 is 1.19 bits per heavy atom. The molecule has 5 nitrogen and oxygen atoms in total. The summed E-state index contributed by atoms with van der Waals surface area (Å²) in [6.07, 6.45) is 3.29. The Kier molecular flexibility index (Phi) is 3.39. The van der Waals surface area contributed by atoms with Crippen LogP contribution in [0.5, 0.6) is 0 Å². The molecule has 0 saturated carbocycles. The van der Waals surface area contributed by atoms with Crippen LogP contribution in [-0.2, 0) is 0 Å². The molecule has 0 unspecified atom stereocenters. The number of fused-ring (bicyclic) bond motifs is 1. The molecule has 106 valence electrons. The lowest BCUT2D eigenvalue weighted by Gasteiger charge is -2.14. The molecule has 0 aliphatic heterocycles. The summed E-state index contributed by atoms with van der Waals surface area (Å²) in [4.78, 5) is 17.0. The van der Waals surface area contributed by atoms with Crippen LogP contribution >= 0.6 is 0 Å². The van der Waals surface area contributed by atoms with E-state index in [9.17, 15) is 4.79 Å². The number of pyridine rings is 1. The average molecular weight is 280 g/mol. The number of carbonyl (C=O) groups excluding carboxylic acids is 1. The number of nitrogens with one attached hydrogen (secondary N) is 2. The van der Waals surface area contributed by atoms with Crippen LogP contribution < -0.4 is 5.32 Å². The van der Waals surface area contributed by atoms with E-state index in [1.165, 1.54) is 0 Å². The van der Waals surface area contributed by atoms with Crippen molar-refractivity contribution in [3.63, 3.8) is 0 Å². The Balaban J connectivity index is 2.15. The van der Waals surface area contributed by atoms with Crippen LogP contribution in [0.4, 0.5) is 5.69 Å². The van der Waals surface area contributed by atoms with E-state index in [0.717, 1.165) is 11.1 Å². The smallest absolute Gasteiger partial charge is 0.196 e. The number of aromatic nitrogens is 3. The molecule has 0 spiro atoms. The van der Waals surface area contributed by atoms with Crippen LogP contribution in [0.25, 0.3) is 11.0 Å². The monoisotopic (exact) mass is 280 g/mol. The molecule has 5 heteroatoms. The molecule has 3 rings (SSSR count). The van der Waals surface area contributed by atoms with Crippen molar-refractivity contribution in [1.29, 1.82) is 0 Å². The van der Waals surface area contributed by atoms with E-state index in [1.54, 1.807) is 24.5 Å². The maximum atomic E-state index is 12.7. The van der Waals surface area contributed by atoms with Gasteiger partial charge in [0.05, 0.1) is 22.8 Å². The van der Waals surface area contributed by atoms with Gasteiger partial charge in [0.1, 0.15) is 0 Å². The highest BCUT2D eigenvalue weighted by molar-refractivity contribution is 6.15. The predicted octanol–water partition coefficient (Wildman–Crippen LogP) is 3.01. The molecule has 0 radical (unpaired) electrons. The summed E-state index contributed by atoms with van der Waals surface area (Å²) in [5.41, 5.74) is 2.65. The zero-order chi connectivity index (χ0) is 14.8. The van der Waals surface area contributed by atoms with Gasteiger partial charge in [-0.1, -0.05) is 30.3 Å². The second kappa shape index (κ2) is 5.36. The summed E-state index contributed by atoms with van der Waals surface area (Å²) in [6, 6.07) is 9.41. The molecule has 2 aromatic heterocycles. The molecule has 0 aliphatic rings. The van der Waals surface area contributed by atoms with Crippen molar-refractivity contribution in [1.82, 2.24) is 15.2 Å². The number of aromatic amines is 1. The lowest BCUT2D eigenvalue weighted by molar-refractivity contribution is 0.103. The first-order valence-corrected chi connectivity index (χ1v) is 6.85. The van der Waals surface area contributed by atoms with Gasteiger partial charge in [-0.3, -0.25) is 9.89 Å². The summed E-state index contributed by atoms with van der Waals surface area (Å²) in [5.74, 6) is -0.0469. The number of nitrogens with zero attached hydrogens (tertiary/aromatic N) is 2. The number of carbonyl (C=O) groups is 1. The van der Waals surface area contributed by atoms with E-state index < -0.39 is 0 Å². The van der Waals surface area contributed by atoms with Crippen molar-refractivity contribution in [2.45, 2.75) is 19.9 Å². The van der Waals surface area contributed by atoms with Crippen molar-refractivity contribution in [2.24, 2.45) is 0 Å². The fourth-order valence-corrected chi connectivity index (χ4v) is 2.26. The Morgan fingerprint density at radius 3 is 2.67 bits per heavy atom. The lowest BCUT2D eigenvalue weighted by Crippen LogP contribution is -2.14. The molecule has 2 heterocycles. The Hall–Kier alpha value is -2.69. The van der Waals surface area contributed by atoms with E-state index in [1.807, 2.05) is 32.0 Å². The molecule has 0 aliphatic carbocycles. The van der Waals surface area contributed by atoms with Gasteiger partial charge in [0.15, 0.2) is 11.4 Å². The molecule has 0 saturated heterocycles. The van der Waals surface area contributed by atoms with Crippen LogP contribution in [0.3, 0.4) is 0 Å². The highest BCUT2D eigenvalue weighted by atomic mass is 16.1. The standard InChI is InChI=1S/C16H16N4O/c1-10(2)19-14-12(8-17-16-13(14)9-18-20-16)15(21)11-6-4-3-5-7-11/h3-10H,1-2H3,(H2,17,18,19,20). The minimum atomic E-state index is -0.0469. The molecule has 0 fully saturated rings. The molecule has 0 bridgehead atoms. The first kappa shape index (κ1) is 13.3. The summed E-state index contributed by atoms with van der Waals surface area (Å²) in [7, 11) is 0. The van der Waals surface area contributed by atoms with Crippen molar-refractivity contribution < 1.29 is 4.79 Å². The van der Waals surface area contributed by atoms with Gasteiger partial charge in [-0.2, -0.15) is 5.10 Å². The van der Waals surface area contributed by atoms with Crippen LogP contribution in [0.2, 0.25) is 0 Å². The van der Waals surface area contributed by atoms with E-state index in [4.69, 9.17) is 0 Å². The van der Waals surface area contributed by atoms with Gasteiger partial charge in [0.25, 0.3) is 0 Å². The van der Waals surface area contributed by atoms with Crippen molar-refractivity contribution in [2.75, 3.05) is 5.32 Å². The van der Waals surface area contributed by atoms with E-state index in [-0.39, 0.29) is 11.8 Å². The zero-order valence-electron chi connectivity index (χ0n) is 11.9. The molecule has 21 heavy (non-hydrogen) atoms. The topological polar surface area (TPSA) is 70.7 Å². The Labute approximate surface area is 122 Å². The third-order valence-electron chi connectivity index (χ3n) is 3.19. The van der Waals surface area contributed by atoms with Crippen molar-refractivity contribution >= 4 is 22.5 Å². The van der Waals surface area contributed by atoms with Crippen LogP contribution in [0.15, 0.2) is 42.7 Å². The molecule has 2 N–H and O–H groups in total. The van der Waals surface area contributed by atoms with Crippen LogP contribution in [0.1, 0.15) is 29.8 Å². The molecule has 0 atom stereocenters. The fourth-order valence-electron chi connectivity index (χ4n) is 2.26. The minimum Gasteiger partial charge on any atom is -0.382 e. The Bertz CT molecular complexity index is 777. The van der Waals surface area contributed by atoms with Gasteiger partial charge in [-0.15, -0.1) is 0 Å². The third-order valence-corrected chi connectivity index (χ3v) is 3.19. The highest BCUT2D eigenvalue weighted by Crippen LogP contribution is 2.27. The number of rotatable bonds is 4. The van der Waals surface area contributed by atoms with Gasteiger partial charge >= 0.3 is 0 Å². The molecular weight excluding hydrogens is 264 g/mol. The number of H-pyrrole nitrogens is 1. The second-order valence-corrected chi connectivity index (χ2v) is 5.17. The number of benzene rings is 1. The SMILES string of the molecule is CC(C)Nc1c(C(=O)c2ccccc2)cnc2[nH]ncc12. The first-order valence-electron chi connectivity index (χ1n) is 6.85. The van der Waals surface area contributed by atoms with E-state index in [2.05, 4.69) is 20.5 Å². The van der Waals surface area contributed by atoms with Gasteiger partial charge in [-0.25, -0.2) is 4.98 Å². The summed E-state index contributed by atoms with van der Waals surface area (Å²) >= 11 is 0. The lowest BCUT2D eigenvalue weighted by atomic mass is 10.0. The largest absolute Gasteiger partial charge is 0.382 e. The first-order chi connectivity index (χ1) is 10.2.